The molecule has 23 nitrogen and oxygen atoms in total. The van der Waals surface area contributed by atoms with Gasteiger partial charge in [-0.2, -0.15) is 0 Å². The summed E-state index contributed by atoms with van der Waals surface area (Å²) in [5.41, 5.74) is 12.3. The highest BCUT2D eigenvalue weighted by atomic mass is 31.2. The maximum absolute atomic E-state index is 13.0. The number of fused-ring (bicyclic) bond motifs is 3. The first-order valence-corrected chi connectivity index (χ1v) is 17.4. The second kappa shape index (κ2) is 12.2. The van der Waals surface area contributed by atoms with Gasteiger partial charge < -0.3 is 66.3 Å². The number of nitrogen functional groups attached to an aromatic ring is 1. The van der Waals surface area contributed by atoms with E-state index < -0.39 is 103 Å². The zero-order valence-electron chi connectivity index (χ0n) is 24.3. The number of nitrogens with one attached hydrogen (secondary N) is 4. The number of phosphoric acid groups is 2. The standard InChI is InChI=1S/C22H34N10O13P2/c23-16-12-17(26-5-25-16)31(6-27-12)20-14(33)8-1-40-46(36,37)43-4-11-9(2-41-47(38,39)42-3-10(8)44-20)15(34)21(45-11)32-7-28-13-18(32)29-22(24)30-19(13)35/h5,8-11,14-15,20-22,27-29,33-34H,1-4,6-7,24H2,(H,30,35)(H,36,37)(H,38,39)(H2,23,25,26)/t8?,9?,10-,11?,14?,15?,20-,21-,22?/m1/s1. The van der Waals surface area contributed by atoms with Gasteiger partial charge in [-0.1, -0.05) is 0 Å². The van der Waals surface area contributed by atoms with Gasteiger partial charge in [-0.05, 0) is 0 Å². The van der Waals surface area contributed by atoms with Crippen LogP contribution >= 0.6 is 15.6 Å². The third kappa shape index (κ3) is 6.12. The first-order chi connectivity index (χ1) is 22.3. The fourth-order valence-corrected chi connectivity index (χ4v) is 7.80. The average molecular weight is 709 g/mol. The molecule has 47 heavy (non-hydrogen) atoms. The number of phosphoric ester groups is 2. The molecule has 0 aromatic carbocycles. The summed E-state index contributed by atoms with van der Waals surface area (Å²) < 4.78 is 58.9. The van der Waals surface area contributed by atoms with E-state index in [1.165, 1.54) is 16.1 Å². The van der Waals surface area contributed by atoms with Crippen LogP contribution in [0.3, 0.4) is 0 Å². The van der Waals surface area contributed by atoms with Crippen molar-refractivity contribution in [1.29, 1.82) is 0 Å². The van der Waals surface area contributed by atoms with Gasteiger partial charge in [0.1, 0.15) is 35.7 Å². The molecule has 6 aliphatic heterocycles. The van der Waals surface area contributed by atoms with E-state index in [0.29, 0.717) is 11.5 Å². The van der Waals surface area contributed by atoms with Gasteiger partial charge >= 0.3 is 15.6 Å². The van der Waals surface area contributed by atoms with Crippen LogP contribution in [0.5, 0.6) is 0 Å². The molecule has 7 rings (SSSR count). The number of nitrogens with zero attached hydrogens (tertiary/aromatic N) is 4. The van der Waals surface area contributed by atoms with Crippen LogP contribution in [0.4, 0.5) is 17.3 Å². The number of rotatable bonds is 2. The number of aliphatic hydroxyl groups is 2. The van der Waals surface area contributed by atoms with Gasteiger partial charge in [-0.3, -0.25) is 28.6 Å². The van der Waals surface area contributed by atoms with Crippen molar-refractivity contribution in [2.75, 3.05) is 55.7 Å². The largest absolute Gasteiger partial charge is 0.472 e. The minimum Gasteiger partial charge on any atom is -0.388 e. The van der Waals surface area contributed by atoms with Crippen LogP contribution in [-0.4, -0.2) is 124 Å². The van der Waals surface area contributed by atoms with E-state index in [4.69, 9.17) is 39.0 Å². The Kier molecular flexibility index (Phi) is 8.48. The van der Waals surface area contributed by atoms with Crippen molar-refractivity contribution in [1.82, 2.24) is 30.8 Å². The second-order valence-corrected chi connectivity index (χ2v) is 14.4. The van der Waals surface area contributed by atoms with Crippen molar-refractivity contribution >= 4 is 38.9 Å². The van der Waals surface area contributed by atoms with Crippen molar-refractivity contribution < 1.29 is 61.5 Å². The predicted molar refractivity (Wildman–Crippen MR) is 153 cm³/mol. The van der Waals surface area contributed by atoms with Gasteiger partial charge in [0.15, 0.2) is 30.4 Å². The van der Waals surface area contributed by atoms with E-state index in [1.54, 1.807) is 0 Å². The third-order valence-electron chi connectivity index (χ3n) is 8.63. The Balaban J connectivity index is 1.09. The minimum absolute atomic E-state index is 0.00933. The summed E-state index contributed by atoms with van der Waals surface area (Å²) in [6.07, 6.45) is -7.11. The number of anilines is 3. The van der Waals surface area contributed by atoms with Gasteiger partial charge in [-0.15, -0.1) is 0 Å². The lowest BCUT2D eigenvalue weighted by atomic mass is 9.99. The molecular formula is C22H34N10O13P2. The van der Waals surface area contributed by atoms with Crippen LogP contribution in [0.2, 0.25) is 0 Å². The van der Waals surface area contributed by atoms with E-state index >= 15 is 0 Å². The smallest absolute Gasteiger partial charge is 0.388 e. The van der Waals surface area contributed by atoms with Gasteiger partial charge in [-0.25, -0.2) is 19.1 Å². The molecule has 0 bridgehead atoms. The van der Waals surface area contributed by atoms with Crippen LogP contribution in [0, 0.1) is 11.8 Å². The Morgan fingerprint density at radius 1 is 0.830 bits per heavy atom. The number of hydrogen-bond acceptors (Lipinski definition) is 20. The molecule has 25 heteroatoms. The highest BCUT2D eigenvalue weighted by molar-refractivity contribution is 7.47. The fourth-order valence-electron chi connectivity index (χ4n) is 6.26. The summed E-state index contributed by atoms with van der Waals surface area (Å²) in [6, 6.07) is 0. The van der Waals surface area contributed by atoms with Crippen LogP contribution < -0.4 is 37.6 Å². The highest BCUT2D eigenvalue weighted by Gasteiger charge is 2.53. The number of nitrogens with two attached hydrogens (primary N) is 2. The van der Waals surface area contributed by atoms with Crippen LogP contribution in [-0.2, 0) is 41.5 Å². The van der Waals surface area contributed by atoms with Gasteiger partial charge in [0.2, 0.25) is 0 Å². The number of aliphatic hydroxyl groups excluding tert-OH is 2. The molecule has 0 spiro atoms. The minimum atomic E-state index is -4.82. The van der Waals surface area contributed by atoms with Crippen LogP contribution in [0.25, 0.3) is 0 Å². The molecule has 7 heterocycles. The Bertz CT molecular complexity index is 1540. The Morgan fingerprint density at radius 2 is 1.38 bits per heavy atom. The summed E-state index contributed by atoms with van der Waals surface area (Å²) in [6.45, 7) is -2.32. The Hall–Kier alpha value is -2.89. The van der Waals surface area contributed by atoms with Crippen molar-refractivity contribution in [3.05, 3.63) is 17.8 Å². The normalized spacial score (nSPS) is 42.3. The molecule has 1 aromatic rings. The molecule has 11 atom stereocenters. The molecule has 1 aromatic heterocycles. The lowest BCUT2D eigenvalue weighted by molar-refractivity contribution is -0.119. The maximum atomic E-state index is 13.0. The summed E-state index contributed by atoms with van der Waals surface area (Å²) in [4.78, 5) is 44.6. The summed E-state index contributed by atoms with van der Waals surface area (Å²) in [7, 11) is -9.64. The topological polar surface area (TPSA) is 320 Å². The molecule has 8 unspecified atom stereocenters. The number of carbonyl (C=O) groups is 1. The second-order valence-electron chi connectivity index (χ2n) is 11.4. The van der Waals surface area contributed by atoms with Crippen molar-refractivity contribution in [2.45, 2.75) is 43.2 Å². The lowest BCUT2D eigenvalue weighted by Gasteiger charge is -2.33. The molecule has 0 saturated carbocycles. The summed E-state index contributed by atoms with van der Waals surface area (Å²) in [5, 5.41) is 33.8. The molecule has 0 aliphatic carbocycles. The van der Waals surface area contributed by atoms with E-state index in [9.17, 15) is 33.9 Å². The lowest BCUT2D eigenvalue weighted by Crippen LogP contribution is -2.58. The predicted octanol–water partition coefficient (Wildman–Crippen LogP) is -4.07. The average Bonchev–Trinajstić information content (AvgIpc) is 3.77. The van der Waals surface area contributed by atoms with E-state index in [1.807, 2.05) is 0 Å². The monoisotopic (exact) mass is 708 g/mol. The van der Waals surface area contributed by atoms with Gasteiger partial charge in [0, 0.05) is 11.8 Å². The molecule has 1 amide bonds. The van der Waals surface area contributed by atoms with Crippen molar-refractivity contribution in [3.8, 4) is 0 Å². The van der Waals surface area contributed by atoms with E-state index in [2.05, 4.69) is 31.2 Å². The molecular weight excluding hydrogens is 674 g/mol. The van der Waals surface area contributed by atoms with E-state index in [-0.39, 0.29) is 30.7 Å². The zero-order valence-corrected chi connectivity index (χ0v) is 26.1. The first kappa shape index (κ1) is 32.6. The quantitative estimate of drug-likeness (QED) is 0.131. The summed E-state index contributed by atoms with van der Waals surface area (Å²) >= 11 is 0. The van der Waals surface area contributed by atoms with Crippen molar-refractivity contribution in [3.63, 3.8) is 0 Å². The number of amides is 1. The van der Waals surface area contributed by atoms with Gasteiger partial charge in [0.05, 0.1) is 52.0 Å². The molecule has 12 N–H and O–H groups in total. The highest BCUT2D eigenvalue weighted by Crippen LogP contribution is 2.50. The number of carbonyl (C=O) groups excluding carboxylic acids is 1. The zero-order chi connectivity index (χ0) is 33.2. The van der Waals surface area contributed by atoms with Crippen molar-refractivity contribution in [2.24, 2.45) is 17.6 Å². The number of hydrogen-bond donors (Lipinski definition) is 10. The SMILES string of the molecule is Nc1ncnc2c1NCN2[C@@H]1O[C@@H]2COP(=O)(O)OCC3C(COP(=O)(O)OCC2C1O)O[C@@H](N1CNC2=C1NC(N)NC2=O)C3O. The molecule has 6 aliphatic rings. The van der Waals surface area contributed by atoms with E-state index in [0.717, 1.165) is 0 Å². The maximum Gasteiger partial charge on any atom is 0.472 e. The molecule has 3 fully saturated rings. The van der Waals surface area contributed by atoms with Crippen LogP contribution in [0.1, 0.15) is 0 Å². The molecule has 260 valence electrons. The Morgan fingerprint density at radius 3 is 2.00 bits per heavy atom. The number of ether oxygens (including phenoxy) is 2. The third-order valence-corrected chi connectivity index (χ3v) is 10.5. The fraction of sp³-hybridized carbons (Fsp3) is 0.682. The first-order valence-electron chi connectivity index (χ1n) is 14.4. The Labute approximate surface area is 265 Å². The molecule has 3 saturated heterocycles. The van der Waals surface area contributed by atoms with Gasteiger partial charge in [0.25, 0.3) is 5.91 Å². The molecule has 0 radical (unpaired) electrons. The van der Waals surface area contributed by atoms with Crippen LogP contribution in [0.15, 0.2) is 17.8 Å². The summed E-state index contributed by atoms with van der Waals surface area (Å²) in [5.74, 6) is -1.92. The number of aromatic nitrogens is 2.